The van der Waals surface area contributed by atoms with Crippen molar-refractivity contribution in [2.45, 2.75) is 49.4 Å². The smallest absolute Gasteiger partial charge is 0.338 e. The van der Waals surface area contributed by atoms with E-state index in [9.17, 15) is 4.79 Å². The Hall–Kier alpha value is -3.19. The van der Waals surface area contributed by atoms with E-state index >= 15 is 0 Å². The Balaban J connectivity index is 1.35. The molecule has 37 heavy (non-hydrogen) atoms. The molecule has 2 unspecified atom stereocenters. The van der Waals surface area contributed by atoms with Gasteiger partial charge in [-0.2, -0.15) is 0 Å². The minimum Gasteiger partial charge on any atom is -0.493 e. The van der Waals surface area contributed by atoms with E-state index in [0.717, 1.165) is 19.4 Å². The largest absolute Gasteiger partial charge is 0.493 e. The Morgan fingerprint density at radius 1 is 1.05 bits per heavy atom. The number of allylic oxidation sites excluding steroid dienone is 1. The van der Waals surface area contributed by atoms with Crippen LogP contribution in [0.4, 0.5) is 5.69 Å². The molecule has 2 aromatic carbocycles. The molecule has 8 rings (SSSR count). The molecule has 5 fully saturated rings. The third-order valence-corrected chi connectivity index (χ3v) is 10.1. The molecule has 6 aliphatic rings. The Bertz CT molecular complexity index is 1300. The molecule has 1 saturated carbocycles. The summed E-state index contributed by atoms with van der Waals surface area (Å²) in [5.74, 6) is 1.75. The van der Waals surface area contributed by atoms with Gasteiger partial charge in [0.25, 0.3) is 0 Å². The van der Waals surface area contributed by atoms with Crippen molar-refractivity contribution in [3.63, 3.8) is 0 Å². The number of methoxy groups -OCH3 is 3. The maximum atomic E-state index is 13.9. The number of esters is 1. The zero-order chi connectivity index (χ0) is 25.6. The average molecular weight is 503 g/mol. The summed E-state index contributed by atoms with van der Waals surface area (Å²) in [5, 5.41) is 0. The van der Waals surface area contributed by atoms with Gasteiger partial charge in [-0.15, -0.1) is 0 Å². The van der Waals surface area contributed by atoms with Crippen LogP contribution in [0.2, 0.25) is 0 Å². The highest BCUT2D eigenvalue weighted by atomic mass is 16.5. The summed E-state index contributed by atoms with van der Waals surface area (Å²) in [6.07, 6.45) is 4.24. The number of benzene rings is 2. The van der Waals surface area contributed by atoms with Crippen LogP contribution in [-0.2, 0) is 10.2 Å². The van der Waals surface area contributed by atoms with Gasteiger partial charge in [0, 0.05) is 37.3 Å². The molecule has 0 amide bonds. The van der Waals surface area contributed by atoms with E-state index in [1.54, 1.807) is 33.5 Å². The van der Waals surface area contributed by atoms with E-state index in [2.05, 4.69) is 54.1 Å². The highest BCUT2D eigenvalue weighted by Crippen LogP contribution is 2.68. The van der Waals surface area contributed by atoms with Gasteiger partial charge in [0.05, 0.1) is 38.3 Å². The first kappa shape index (κ1) is 23.0. The van der Waals surface area contributed by atoms with Crippen molar-refractivity contribution in [3.8, 4) is 17.2 Å². The fraction of sp³-hybridized carbons (Fsp3) is 0.500. The molecule has 4 saturated heterocycles. The zero-order valence-corrected chi connectivity index (χ0v) is 22.1. The fourth-order valence-corrected chi connectivity index (χ4v) is 8.89. The third kappa shape index (κ3) is 2.73. The molecule has 0 N–H and O–H groups in total. The van der Waals surface area contributed by atoms with Crippen LogP contribution in [0, 0.1) is 11.8 Å². The molecule has 7 nitrogen and oxygen atoms in total. The van der Waals surface area contributed by atoms with E-state index in [0.29, 0.717) is 40.8 Å². The van der Waals surface area contributed by atoms with Crippen LogP contribution < -0.4 is 19.1 Å². The Morgan fingerprint density at radius 2 is 1.78 bits per heavy atom. The number of ether oxygens (including phenoxy) is 4. The molecule has 5 heterocycles. The summed E-state index contributed by atoms with van der Waals surface area (Å²) in [6.45, 7) is 3.19. The van der Waals surface area contributed by atoms with E-state index in [1.165, 1.54) is 16.8 Å². The maximum Gasteiger partial charge on any atom is 0.338 e. The van der Waals surface area contributed by atoms with Crippen LogP contribution in [0.1, 0.15) is 35.7 Å². The predicted molar refractivity (Wildman–Crippen MR) is 140 cm³/mol. The van der Waals surface area contributed by atoms with Gasteiger partial charge in [-0.05, 0) is 49.4 Å². The van der Waals surface area contributed by atoms with Crippen molar-refractivity contribution in [3.05, 3.63) is 59.2 Å². The number of rotatable bonds is 5. The minimum atomic E-state index is -0.340. The molecule has 7 heteroatoms. The van der Waals surface area contributed by atoms with Gasteiger partial charge in [0.1, 0.15) is 6.10 Å². The number of hydrogen-bond donors (Lipinski definition) is 0. The molecule has 2 aromatic rings. The maximum absolute atomic E-state index is 13.9. The number of nitrogens with zero attached hydrogens (tertiary/aromatic N) is 2. The lowest BCUT2D eigenvalue weighted by atomic mass is 9.65. The lowest BCUT2D eigenvalue weighted by molar-refractivity contribution is -0.0390. The number of hydrogen-bond acceptors (Lipinski definition) is 7. The second-order valence-corrected chi connectivity index (χ2v) is 11.1. The molecule has 0 aromatic heterocycles. The van der Waals surface area contributed by atoms with Crippen molar-refractivity contribution >= 4 is 11.7 Å². The van der Waals surface area contributed by atoms with Gasteiger partial charge >= 0.3 is 5.97 Å². The van der Waals surface area contributed by atoms with Crippen molar-refractivity contribution in [2.24, 2.45) is 11.8 Å². The number of para-hydroxylation sites is 1. The highest BCUT2D eigenvalue weighted by molar-refractivity contribution is 5.91. The first-order chi connectivity index (χ1) is 18.0. The molecule has 0 radical (unpaired) electrons. The monoisotopic (exact) mass is 502 g/mol. The fourth-order valence-electron chi connectivity index (χ4n) is 8.89. The molecule has 5 aliphatic heterocycles. The first-order valence-electron chi connectivity index (χ1n) is 13.2. The molecular weight excluding hydrogens is 468 g/mol. The number of fused-ring (bicyclic) bond motifs is 2. The number of likely N-dealkylation sites (N-methyl/N-ethyl adjacent to an activating group) is 1. The van der Waals surface area contributed by atoms with Crippen LogP contribution in [-0.4, -0.2) is 70.0 Å². The number of carbonyl (C=O) groups excluding carboxylic acids is 1. The van der Waals surface area contributed by atoms with Crippen LogP contribution >= 0.6 is 0 Å². The van der Waals surface area contributed by atoms with E-state index in [1.807, 2.05) is 0 Å². The Morgan fingerprint density at radius 3 is 2.46 bits per heavy atom. The quantitative estimate of drug-likeness (QED) is 0.452. The second-order valence-electron chi connectivity index (χ2n) is 11.1. The van der Waals surface area contributed by atoms with Gasteiger partial charge in [-0.25, -0.2) is 4.79 Å². The summed E-state index contributed by atoms with van der Waals surface area (Å²) in [5.41, 5.74) is 4.31. The van der Waals surface area contributed by atoms with Crippen LogP contribution in [0.5, 0.6) is 17.2 Å². The molecule has 1 aliphatic carbocycles. The third-order valence-electron chi connectivity index (χ3n) is 10.1. The van der Waals surface area contributed by atoms with E-state index in [4.69, 9.17) is 18.9 Å². The van der Waals surface area contributed by atoms with E-state index in [-0.39, 0.29) is 29.4 Å². The molecule has 194 valence electrons. The van der Waals surface area contributed by atoms with Crippen LogP contribution in [0.25, 0.3) is 0 Å². The highest BCUT2D eigenvalue weighted by Gasteiger charge is 2.75. The van der Waals surface area contributed by atoms with Crippen molar-refractivity contribution in [2.75, 3.05) is 39.8 Å². The van der Waals surface area contributed by atoms with Crippen LogP contribution in [0.3, 0.4) is 0 Å². The van der Waals surface area contributed by atoms with Crippen molar-refractivity contribution in [1.29, 1.82) is 0 Å². The molecule has 6 bridgehead atoms. The number of anilines is 1. The number of piperidine rings is 4. The molecular formula is C30H34N2O5. The van der Waals surface area contributed by atoms with E-state index < -0.39 is 0 Å². The molecule has 8 atom stereocenters. The predicted octanol–water partition coefficient (Wildman–Crippen LogP) is 4.05. The molecule has 1 spiro atoms. The summed E-state index contributed by atoms with van der Waals surface area (Å²) >= 11 is 0. The normalized spacial score (nSPS) is 36.9. The average Bonchev–Trinajstić information content (AvgIpc) is 3.34. The topological polar surface area (TPSA) is 60.5 Å². The number of carbonyl (C=O) groups is 1. The Labute approximate surface area is 217 Å². The van der Waals surface area contributed by atoms with Gasteiger partial charge in [-0.3, -0.25) is 4.90 Å². The van der Waals surface area contributed by atoms with Gasteiger partial charge < -0.3 is 23.8 Å². The Kier molecular flexibility index (Phi) is 4.91. The first-order valence-corrected chi connectivity index (χ1v) is 13.2. The lowest BCUT2D eigenvalue weighted by Crippen LogP contribution is -2.68. The standard InChI is InChI=1S/C30H34N2O5/c1-6-16-15-32-21-13-18(16)25-22(32)14-30(19-9-7-8-10-20(19)31(2)27(21)30)28(25)37-29(33)17-11-23(34-3)26(36-5)24(12-17)35-4/h6-12,18,21-22,25,27-28H,13-15H2,1-5H3/b16-6-/t18-,21-,22-,25-,27-,28?,30+/m0/s1. The SMILES string of the molecule is C/C=C1/CN2[C@H]3C[C@@]45c6ccccc6N(C)[C@H]4[C@@H]2C[C@@H]1[C@@H]3C5OC(=O)c1cc(OC)c(OC)c(OC)c1. The second kappa shape index (κ2) is 7.90. The van der Waals surface area contributed by atoms with Crippen molar-refractivity contribution < 1.29 is 23.7 Å². The van der Waals surface area contributed by atoms with Crippen molar-refractivity contribution in [1.82, 2.24) is 4.90 Å². The zero-order valence-electron chi connectivity index (χ0n) is 22.1. The summed E-state index contributed by atoms with van der Waals surface area (Å²) < 4.78 is 23.2. The minimum absolute atomic E-state index is 0.212. The van der Waals surface area contributed by atoms with Gasteiger partial charge in [-0.1, -0.05) is 29.8 Å². The van der Waals surface area contributed by atoms with Gasteiger partial charge in [0.15, 0.2) is 11.5 Å². The van der Waals surface area contributed by atoms with Crippen LogP contribution in [0.15, 0.2) is 48.0 Å². The summed E-state index contributed by atoms with van der Waals surface area (Å²) in [6, 6.07) is 13.3. The van der Waals surface area contributed by atoms with Gasteiger partial charge in [0.2, 0.25) is 5.75 Å². The lowest BCUT2D eigenvalue weighted by Gasteiger charge is -2.58. The summed E-state index contributed by atoms with van der Waals surface area (Å²) in [7, 11) is 6.91. The summed E-state index contributed by atoms with van der Waals surface area (Å²) in [4.78, 5) is 19.1.